The summed E-state index contributed by atoms with van der Waals surface area (Å²) in [5.41, 5.74) is 0. The topological polar surface area (TPSA) is 129 Å². The predicted molar refractivity (Wildman–Crippen MR) is 191 cm³/mol. The van der Waals surface area contributed by atoms with Crippen molar-refractivity contribution < 1.29 is 20.4 Å². The molecule has 45 heavy (non-hydrogen) atoms. The maximum absolute atomic E-state index is 9.05. The summed E-state index contributed by atoms with van der Waals surface area (Å²) >= 11 is 5.63. The number of anilines is 2. The van der Waals surface area contributed by atoms with E-state index in [1.165, 1.54) is 77.0 Å². The largest absolute Gasteiger partial charge is 0.396 e. The Morgan fingerprint density at radius 3 is 0.844 bits per heavy atom. The lowest BCUT2D eigenvalue weighted by atomic mass is 10.1. The molecule has 0 aliphatic heterocycles. The van der Waals surface area contributed by atoms with Crippen molar-refractivity contribution in [1.29, 1.82) is 0 Å². The summed E-state index contributed by atoms with van der Waals surface area (Å²) in [5, 5.41) is 36.2. The van der Waals surface area contributed by atoms with Crippen molar-refractivity contribution in [3.63, 3.8) is 0 Å². The molecule has 0 aliphatic carbocycles. The molecule has 0 radical (unpaired) electrons. The first-order valence-electron chi connectivity index (χ1n) is 18.6. The van der Waals surface area contributed by atoms with Crippen LogP contribution in [-0.4, -0.2) is 88.0 Å². The van der Waals surface area contributed by atoms with Gasteiger partial charge >= 0.3 is 0 Å². The SMILES string of the molecule is OCCCCCCCCN(CCCCCCCCO)c1nc(=S)nc(N(CCCCCCCCO)CCCCCCCCO)[nH]1. The summed E-state index contributed by atoms with van der Waals surface area (Å²) in [7, 11) is 0. The molecular formula is C35H69N5O4S. The first-order chi connectivity index (χ1) is 22.2. The van der Waals surface area contributed by atoms with Crippen LogP contribution in [0.4, 0.5) is 11.9 Å². The van der Waals surface area contributed by atoms with Gasteiger partial charge in [0.25, 0.3) is 0 Å². The molecule has 0 aromatic carbocycles. The van der Waals surface area contributed by atoms with Crippen molar-refractivity contribution in [2.75, 3.05) is 62.4 Å². The molecule has 0 atom stereocenters. The lowest BCUT2D eigenvalue weighted by Crippen LogP contribution is -2.31. The van der Waals surface area contributed by atoms with Crippen LogP contribution in [0.3, 0.4) is 0 Å². The van der Waals surface area contributed by atoms with Crippen LogP contribution in [0.15, 0.2) is 0 Å². The normalized spacial score (nSPS) is 11.4. The smallest absolute Gasteiger partial charge is 0.225 e. The molecule has 0 aliphatic rings. The van der Waals surface area contributed by atoms with Crippen molar-refractivity contribution >= 4 is 24.1 Å². The van der Waals surface area contributed by atoms with Crippen molar-refractivity contribution in [2.24, 2.45) is 0 Å². The molecule has 0 unspecified atom stereocenters. The molecular weight excluding hydrogens is 586 g/mol. The molecule has 1 aromatic rings. The van der Waals surface area contributed by atoms with Gasteiger partial charge in [-0.25, -0.2) is 0 Å². The quantitative estimate of drug-likeness (QED) is 0.0379. The van der Waals surface area contributed by atoms with E-state index in [2.05, 4.69) is 14.8 Å². The summed E-state index contributed by atoms with van der Waals surface area (Å²) in [6.45, 7) is 4.90. The number of hydrogen-bond acceptors (Lipinski definition) is 9. The number of rotatable bonds is 34. The highest BCUT2D eigenvalue weighted by Crippen LogP contribution is 2.19. The Bertz CT molecular complexity index is 734. The Labute approximate surface area is 280 Å². The Hall–Kier alpha value is -1.33. The summed E-state index contributed by atoms with van der Waals surface area (Å²) in [4.78, 5) is 17.8. The second kappa shape index (κ2) is 31.3. The minimum atomic E-state index is 0.287. The van der Waals surface area contributed by atoms with Crippen molar-refractivity contribution in [3.8, 4) is 0 Å². The van der Waals surface area contributed by atoms with E-state index in [4.69, 9.17) is 42.6 Å². The number of aliphatic hydroxyl groups is 4. The molecule has 1 rings (SSSR count). The highest BCUT2D eigenvalue weighted by Gasteiger charge is 2.15. The van der Waals surface area contributed by atoms with Crippen LogP contribution in [0.1, 0.15) is 154 Å². The third-order valence-corrected chi connectivity index (χ3v) is 8.75. The first-order valence-corrected chi connectivity index (χ1v) is 19.0. The van der Waals surface area contributed by atoms with E-state index in [0.29, 0.717) is 4.77 Å². The van der Waals surface area contributed by atoms with Gasteiger partial charge in [-0.05, 0) is 63.6 Å². The fourth-order valence-electron chi connectivity index (χ4n) is 5.80. The number of H-pyrrole nitrogens is 1. The standard InChI is InChI=1S/C35H69N5O4S/c41-29-21-13-5-1-9-17-25-39(26-18-10-2-6-14-22-30-42)33-36-34(38-35(45)37-33)40(27-19-11-3-7-15-23-31-43)28-20-12-4-8-16-24-32-44/h41-44H,1-32H2,(H,36,37,38,45). The van der Waals surface area contributed by atoms with Gasteiger partial charge < -0.3 is 30.2 Å². The lowest BCUT2D eigenvalue weighted by Gasteiger charge is -2.27. The number of nitrogens with zero attached hydrogens (tertiary/aromatic N) is 4. The van der Waals surface area contributed by atoms with E-state index in [0.717, 1.165) is 115 Å². The van der Waals surface area contributed by atoms with Crippen molar-refractivity contribution in [1.82, 2.24) is 15.0 Å². The van der Waals surface area contributed by atoms with Gasteiger partial charge in [0.05, 0.1) is 0 Å². The van der Waals surface area contributed by atoms with Crippen LogP contribution in [0.2, 0.25) is 0 Å². The van der Waals surface area contributed by atoms with Gasteiger partial charge in [0.15, 0.2) is 0 Å². The van der Waals surface area contributed by atoms with E-state index >= 15 is 0 Å². The molecule has 0 saturated heterocycles. The molecule has 0 bridgehead atoms. The van der Waals surface area contributed by atoms with Crippen LogP contribution in [0.5, 0.6) is 0 Å². The Morgan fingerprint density at radius 2 is 0.600 bits per heavy atom. The monoisotopic (exact) mass is 656 g/mol. The summed E-state index contributed by atoms with van der Waals surface area (Å²) in [6, 6.07) is 0. The Morgan fingerprint density at radius 1 is 0.378 bits per heavy atom. The third-order valence-electron chi connectivity index (χ3n) is 8.57. The fourth-order valence-corrected chi connectivity index (χ4v) is 5.97. The zero-order chi connectivity index (χ0) is 32.6. The zero-order valence-corrected chi connectivity index (χ0v) is 29.4. The average molecular weight is 656 g/mol. The highest BCUT2D eigenvalue weighted by atomic mass is 32.1. The predicted octanol–water partition coefficient (Wildman–Crippen LogP) is 7.48. The third kappa shape index (κ3) is 23.6. The molecule has 0 saturated carbocycles. The van der Waals surface area contributed by atoms with Crippen LogP contribution >= 0.6 is 12.2 Å². The maximum atomic E-state index is 9.05. The molecule has 264 valence electrons. The van der Waals surface area contributed by atoms with Gasteiger partial charge in [-0.2, -0.15) is 9.97 Å². The number of aliphatic hydroxyl groups excluding tert-OH is 4. The summed E-state index contributed by atoms with van der Waals surface area (Å²) in [6.07, 6.45) is 26.5. The van der Waals surface area contributed by atoms with Gasteiger partial charge in [-0.3, -0.25) is 4.98 Å². The van der Waals surface area contributed by atoms with Crippen LogP contribution in [-0.2, 0) is 0 Å². The molecule has 0 amide bonds. The van der Waals surface area contributed by atoms with Crippen molar-refractivity contribution in [3.05, 3.63) is 4.77 Å². The molecule has 10 heteroatoms. The van der Waals surface area contributed by atoms with Gasteiger partial charge in [0.2, 0.25) is 16.7 Å². The van der Waals surface area contributed by atoms with E-state index in [-0.39, 0.29) is 26.4 Å². The van der Waals surface area contributed by atoms with Crippen LogP contribution in [0.25, 0.3) is 0 Å². The summed E-state index contributed by atoms with van der Waals surface area (Å²) < 4.78 is 0.398. The number of aromatic amines is 1. The minimum absolute atomic E-state index is 0.287. The maximum Gasteiger partial charge on any atom is 0.225 e. The fraction of sp³-hybridized carbons (Fsp3) is 0.914. The van der Waals surface area contributed by atoms with Crippen LogP contribution in [0, 0.1) is 4.77 Å². The number of aromatic nitrogens is 3. The molecule has 1 heterocycles. The number of nitrogens with one attached hydrogen (secondary N) is 1. The summed E-state index contributed by atoms with van der Waals surface area (Å²) in [5.74, 6) is 1.67. The minimum Gasteiger partial charge on any atom is -0.396 e. The average Bonchev–Trinajstić information content (AvgIpc) is 3.04. The van der Waals surface area contributed by atoms with E-state index in [1.807, 2.05) is 0 Å². The molecule has 5 N–H and O–H groups in total. The van der Waals surface area contributed by atoms with Gasteiger partial charge in [0.1, 0.15) is 0 Å². The van der Waals surface area contributed by atoms with Crippen molar-refractivity contribution in [2.45, 2.75) is 154 Å². The first kappa shape index (κ1) is 41.7. The Balaban J connectivity index is 2.89. The number of unbranched alkanes of at least 4 members (excludes halogenated alkanes) is 20. The Kier molecular flexibility index (Phi) is 29.0. The second-order valence-electron chi connectivity index (χ2n) is 12.6. The zero-order valence-electron chi connectivity index (χ0n) is 28.6. The van der Waals surface area contributed by atoms with E-state index in [1.54, 1.807) is 0 Å². The van der Waals surface area contributed by atoms with Gasteiger partial charge in [0, 0.05) is 52.6 Å². The molecule has 0 spiro atoms. The van der Waals surface area contributed by atoms with E-state index in [9.17, 15) is 0 Å². The molecule has 0 fully saturated rings. The number of hydrogen-bond donors (Lipinski definition) is 5. The van der Waals surface area contributed by atoms with Crippen LogP contribution < -0.4 is 9.80 Å². The highest BCUT2D eigenvalue weighted by molar-refractivity contribution is 7.71. The van der Waals surface area contributed by atoms with E-state index < -0.39 is 0 Å². The molecule has 1 aromatic heterocycles. The second-order valence-corrected chi connectivity index (χ2v) is 13.0. The molecule has 9 nitrogen and oxygen atoms in total. The lowest BCUT2D eigenvalue weighted by molar-refractivity contribution is 0.282. The van der Waals surface area contributed by atoms with Gasteiger partial charge in [-0.15, -0.1) is 0 Å². The van der Waals surface area contributed by atoms with Gasteiger partial charge in [-0.1, -0.05) is 103 Å².